The smallest absolute Gasteiger partial charge is 0.272 e. The van der Waals surface area contributed by atoms with Gasteiger partial charge < -0.3 is 9.97 Å². The van der Waals surface area contributed by atoms with Gasteiger partial charge in [-0.3, -0.25) is 9.52 Å². The van der Waals surface area contributed by atoms with Crippen molar-refractivity contribution in [3.05, 3.63) is 70.6 Å². The monoisotopic (exact) mass is 353 g/mol. The van der Waals surface area contributed by atoms with Crippen LogP contribution in [0.5, 0.6) is 0 Å². The molecule has 4 aromatic rings. The first-order chi connectivity index (χ1) is 11.9. The van der Waals surface area contributed by atoms with E-state index < -0.39 is 10.0 Å². The van der Waals surface area contributed by atoms with Gasteiger partial charge in [0.2, 0.25) is 0 Å². The predicted molar refractivity (Wildman–Crippen MR) is 98.4 cm³/mol. The van der Waals surface area contributed by atoms with Gasteiger partial charge in [0, 0.05) is 28.2 Å². The third-order valence-corrected chi connectivity index (χ3v) is 5.50. The highest BCUT2D eigenvalue weighted by Gasteiger charge is 2.16. The second kappa shape index (κ2) is 5.49. The van der Waals surface area contributed by atoms with Gasteiger partial charge in [-0.25, -0.2) is 8.42 Å². The number of H-pyrrole nitrogens is 2. The van der Waals surface area contributed by atoms with Crippen LogP contribution in [0, 0.1) is 6.92 Å². The number of benzene rings is 2. The average molecular weight is 353 g/mol. The molecule has 3 N–H and O–H groups in total. The molecule has 0 amide bonds. The maximum atomic E-state index is 12.7. The van der Waals surface area contributed by atoms with Gasteiger partial charge in [0.1, 0.15) is 5.52 Å². The SMILES string of the molecule is Cc1ccc(NS(=O)(=O)c2ccc3[nH]c(=O)c4[nH]ccc4c3c2)cc1. The fourth-order valence-corrected chi connectivity index (χ4v) is 3.91. The molecule has 0 saturated heterocycles. The molecule has 2 heterocycles. The third kappa shape index (κ3) is 2.68. The fourth-order valence-electron chi connectivity index (χ4n) is 2.82. The minimum Gasteiger partial charge on any atom is -0.357 e. The van der Waals surface area contributed by atoms with Gasteiger partial charge in [-0.15, -0.1) is 0 Å². The Kier molecular flexibility index (Phi) is 3.40. The van der Waals surface area contributed by atoms with Crippen molar-refractivity contribution in [2.24, 2.45) is 0 Å². The molecule has 0 aliphatic carbocycles. The molecule has 7 heteroatoms. The van der Waals surface area contributed by atoms with Gasteiger partial charge in [0.25, 0.3) is 15.6 Å². The lowest BCUT2D eigenvalue weighted by Crippen LogP contribution is -2.13. The van der Waals surface area contributed by atoms with Crippen molar-refractivity contribution in [3.63, 3.8) is 0 Å². The normalized spacial score (nSPS) is 11.9. The number of pyridine rings is 1. The first kappa shape index (κ1) is 15.5. The number of sulfonamides is 1. The number of nitrogens with one attached hydrogen (secondary N) is 3. The Bertz CT molecular complexity index is 1250. The van der Waals surface area contributed by atoms with Crippen LogP contribution in [0.2, 0.25) is 0 Å². The van der Waals surface area contributed by atoms with E-state index in [0.717, 1.165) is 5.56 Å². The summed E-state index contributed by atoms with van der Waals surface area (Å²) >= 11 is 0. The molecular formula is C18H15N3O3S. The molecule has 0 fully saturated rings. The third-order valence-electron chi connectivity index (χ3n) is 4.12. The summed E-state index contributed by atoms with van der Waals surface area (Å²) in [5.74, 6) is 0. The Labute approximate surface area is 143 Å². The highest BCUT2D eigenvalue weighted by molar-refractivity contribution is 7.92. The molecule has 0 unspecified atom stereocenters. The second-order valence-electron chi connectivity index (χ2n) is 5.90. The maximum absolute atomic E-state index is 12.7. The molecule has 2 aromatic carbocycles. The summed E-state index contributed by atoms with van der Waals surface area (Å²) in [4.78, 5) is 17.7. The molecule has 0 aliphatic heterocycles. The van der Waals surface area contributed by atoms with E-state index in [4.69, 9.17) is 0 Å². The minimum atomic E-state index is -3.73. The zero-order valence-corrected chi connectivity index (χ0v) is 14.1. The van der Waals surface area contributed by atoms with E-state index in [0.29, 0.717) is 27.5 Å². The highest BCUT2D eigenvalue weighted by Crippen LogP contribution is 2.25. The van der Waals surface area contributed by atoms with Gasteiger partial charge in [-0.2, -0.15) is 0 Å². The van der Waals surface area contributed by atoms with Crippen molar-refractivity contribution in [1.82, 2.24) is 9.97 Å². The summed E-state index contributed by atoms with van der Waals surface area (Å²) in [6.45, 7) is 1.94. The number of aryl methyl sites for hydroxylation is 1. The van der Waals surface area contributed by atoms with Crippen LogP contribution in [0.3, 0.4) is 0 Å². The van der Waals surface area contributed by atoms with Crippen LogP contribution < -0.4 is 10.3 Å². The van der Waals surface area contributed by atoms with E-state index in [9.17, 15) is 13.2 Å². The van der Waals surface area contributed by atoms with Crippen molar-refractivity contribution in [3.8, 4) is 0 Å². The Morgan fingerprint density at radius 3 is 2.48 bits per heavy atom. The largest absolute Gasteiger partial charge is 0.357 e. The Hall–Kier alpha value is -3.06. The molecule has 0 saturated carbocycles. The number of aromatic amines is 2. The first-order valence-electron chi connectivity index (χ1n) is 7.67. The van der Waals surface area contributed by atoms with Gasteiger partial charge in [0.15, 0.2) is 0 Å². The predicted octanol–water partition coefficient (Wildman–Crippen LogP) is 3.12. The number of aromatic nitrogens is 2. The van der Waals surface area contributed by atoms with Crippen LogP contribution in [0.25, 0.3) is 21.8 Å². The number of hydrogen-bond acceptors (Lipinski definition) is 3. The van der Waals surface area contributed by atoms with Crippen LogP contribution in [-0.2, 0) is 10.0 Å². The highest BCUT2D eigenvalue weighted by atomic mass is 32.2. The van der Waals surface area contributed by atoms with Gasteiger partial charge >= 0.3 is 0 Å². The molecule has 0 spiro atoms. The fraction of sp³-hybridized carbons (Fsp3) is 0.0556. The Balaban J connectivity index is 1.84. The molecule has 0 aliphatic rings. The zero-order valence-electron chi connectivity index (χ0n) is 13.3. The number of rotatable bonds is 3. The Morgan fingerprint density at radius 2 is 1.72 bits per heavy atom. The lowest BCUT2D eigenvalue weighted by Gasteiger charge is -2.09. The zero-order chi connectivity index (χ0) is 17.6. The molecule has 2 aromatic heterocycles. The van der Waals surface area contributed by atoms with Crippen molar-refractivity contribution in [1.29, 1.82) is 0 Å². The summed E-state index contributed by atoms with van der Waals surface area (Å²) in [6.07, 6.45) is 1.66. The molecule has 0 bridgehead atoms. The van der Waals surface area contributed by atoms with Crippen molar-refractivity contribution in [2.75, 3.05) is 4.72 Å². The molecular weight excluding hydrogens is 338 g/mol. The van der Waals surface area contributed by atoms with Gasteiger partial charge in [0.05, 0.1) is 4.90 Å². The topological polar surface area (TPSA) is 94.8 Å². The summed E-state index contributed by atoms with van der Waals surface area (Å²) in [5, 5.41) is 1.36. The Morgan fingerprint density at radius 1 is 0.960 bits per heavy atom. The lowest BCUT2D eigenvalue weighted by molar-refractivity contribution is 0.601. The average Bonchev–Trinajstić information content (AvgIpc) is 3.07. The molecule has 25 heavy (non-hydrogen) atoms. The van der Waals surface area contributed by atoms with E-state index in [2.05, 4.69) is 14.7 Å². The van der Waals surface area contributed by atoms with Crippen LogP contribution in [0.4, 0.5) is 5.69 Å². The van der Waals surface area contributed by atoms with E-state index in [1.54, 1.807) is 36.5 Å². The molecule has 0 radical (unpaired) electrons. The standard InChI is InChI=1S/C18H15N3O3S/c1-11-2-4-12(5-3-11)21-25(23,24)13-6-7-16-15(10-13)14-8-9-19-17(14)18(22)20-16/h2-10,19,21H,1H3,(H,20,22). The summed E-state index contributed by atoms with van der Waals surface area (Å²) < 4.78 is 27.9. The van der Waals surface area contributed by atoms with Crippen molar-refractivity contribution < 1.29 is 8.42 Å². The summed E-state index contributed by atoms with van der Waals surface area (Å²) in [5.41, 5.74) is 2.33. The van der Waals surface area contributed by atoms with Gasteiger partial charge in [-0.05, 0) is 43.3 Å². The first-order valence-corrected chi connectivity index (χ1v) is 9.15. The van der Waals surface area contributed by atoms with Gasteiger partial charge in [-0.1, -0.05) is 17.7 Å². The van der Waals surface area contributed by atoms with Crippen LogP contribution in [-0.4, -0.2) is 18.4 Å². The number of hydrogen-bond donors (Lipinski definition) is 3. The van der Waals surface area contributed by atoms with Crippen LogP contribution in [0.1, 0.15) is 5.56 Å². The maximum Gasteiger partial charge on any atom is 0.272 e. The van der Waals surface area contributed by atoms with E-state index in [1.165, 1.54) is 6.07 Å². The number of fused-ring (bicyclic) bond motifs is 3. The van der Waals surface area contributed by atoms with Crippen molar-refractivity contribution in [2.45, 2.75) is 11.8 Å². The molecule has 126 valence electrons. The van der Waals surface area contributed by atoms with Crippen molar-refractivity contribution >= 4 is 37.5 Å². The molecule has 6 nitrogen and oxygen atoms in total. The summed E-state index contributed by atoms with van der Waals surface area (Å²) in [7, 11) is -3.73. The molecule has 4 rings (SSSR count). The minimum absolute atomic E-state index is 0.134. The second-order valence-corrected chi connectivity index (χ2v) is 7.58. The van der Waals surface area contributed by atoms with Crippen LogP contribution in [0.15, 0.2) is 64.4 Å². The lowest BCUT2D eigenvalue weighted by atomic mass is 10.1. The quantitative estimate of drug-likeness (QED) is 0.528. The molecule has 0 atom stereocenters. The number of anilines is 1. The van der Waals surface area contributed by atoms with Crippen LogP contribution >= 0.6 is 0 Å². The van der Waals surface area contributed by atoms with E-state index in [-0.39, 0.29) is 10.5 Å². The van der Waals surface area contributed by atoms with E-state index in [1.807, 2.05) is 19.1 Å². The summed E-state index contributed by atoms with van der Waals surface area (Å²) in [6, 6.07) is 13.5. The van der Waals surface area contributed by atoms with E-state index >= 15 is 0 Å².